The number of rotatable bonds is 4. The topological polar surface area (TPSA) is 24.9 Å². The van der Waals surface area contributed by atoms with Crippen molar-refractivity contribution < 1.29 is 0 Å². The molecular weight excluding hydrogens is 240 g/mol. The molecule has 0 bridgehead atoms. The van der Waals surface area contributed by atoms with Crippen molar-refractivity contribution in [3.63, 3.8) is 0 Å². The zero-order chi connectivity index (χ0) is 11.4. The molecule has 0 unspecified atom stereocenters. The summed E-state index contributed by atoms with van der Waals surface area (Å²) in [5, 5.41) is 4.39. The van der Waals surface area contributed by atoms with Crippen LogP contribution in [0.5, 0.6) is 0 Å². The molecule has 0 saturated carbocycles. The molecule has 0 fully saturated rings. The van der Waals surface area contributed by atoms with Crippen molar-refractivity contribution in [1.29, 1.82) is 0 Å². The maximum Gasteiger partial charge on any atom is 0.113 e. The van der Waals surface area contributed by atoms with Gasteiger partial charge in [-0.25, -0.2) is 4.98 Å². The Hall–Kier alpha value is -1.06. The SMILES string of the molecule is CCc1ccccc1NCc1ncc(Cl)s1. The lowest BCUT2D eigenvalue weighted by Gasteiger charge is -2.08. The Kier molecular flexibility index (Phi) is 3.80. The number of aromatic nitrogens is 1. The van der Waals surface area contributed by atoms with Crippen LogP contribution in [0.2, 0.25) is 4.34 Å². The molecule has 1 N–H and O–H groups in total. The summed E-state index contributed by atoms with van der Waals surface area (Å²) in [6, 6.07) is 8.33. The van der Waals surface area contributed by atoms with E-state index >= 15 is 0 Å². The number of hydrogen-bond acceptors (Lipinski definition) is 3. The van der Waals surface area contributed by atoms with Gasteiger partial charge >= 0.3 is 0 Å². The number of benzene rings is 1. The van der Waals surface area contributed by atoms with Crippen LogP contribution in [-0.2, 0) is 13.0 Å². The first-order chi connectivity index (χ1) is 7.79. The van der Waals surface area contributed by atoms with E-state index in [2.05, 4.69) is 35.4 Å². The fourth-order valence-electron chi connectivity index (χ4n) is 1.54. The minimum Gasteiger partial charge on any atom is -0.378 e. The number of halogens is 1. The summed E-state index contributed by atoms with van der Waals surface area (Å²) in [6.45, 7) is 2.88. The molecule has 4 heteroatoms. The van der Waals surface area contributed by atoms with E-state index in [-0.39, 0.29) is 0 Å². The van der Waals surface area contributed by atoms with Crippen molar-refractivity contribution in [2.45, 2.75) is 19.9 Å². The Labute approximate surface area is 104 Å². The van der Waals surface area contributed by atoms with Gasteiger partial charge in [-0.2, -0.15) is 0 Å². The number of aryl methyl sites for hydroxylation is 1. The first kappa shape index (κ1) is 11.4. The molecule has 1 aromatic heterocycles. The van der Waals surface area contributed by atoms with Gasteiger partial charge in [-0.1, -0.05) is 36.7 Å². The van der Waals surface area contributed by atoms with Crippen LogP contribution in [0.3, 0.4) is 0 Å². The van der Waals surface area contributed by atoms with E-state index in [0.29, 0.717) is 0 Å². The second-order valence-corrected chi connectivity index (χ2v) is 5.17. The van der Waals surface area contributed by atoms with E-state index in [1.807, 2.05) is 6.07 Å². The minimum absolute atomic E-state index is 0.731. The van der Waals surface area contributed by atoms with Gasteiger partial charge in [-0.15, -0.1) is 11.3 Å². The molecule has 0 amide bonds. The molecule has 0 aliphatic rings. The largest absolute Gasteiger partial charge is 0.378 e. The zero-order valence-electron chi connectivity index (χ0n) is 9.03. The number of anilines is 1. The highest BCUT2D eigenvalue weighted by molar-refractivity contribution is 7.15. The molecule has 16 heavy (non-hydrogen) atoms. The molecule has 0 aliphatic carbocycles. The maximum absolute atomic E-state index is 5.83. The number of thiazole rings is 1. The summed E-state index contributed by atoms with van der Waals surface area (Å²) in [7, 11) is 0. The van der Waals surface area contributed by atoms with Crippen molar-refractivity contribution >= 4 is 28.6 Å². The minimum atomic E-state index is 0.731. The quantitative estimate of drug-likeness (QED) is 0.891. The molecule has 2 nitrogen and oxygen atoms in total. The molecular formula is C12H13ClN2S. The molecule has 0 saturated heterocycles. The maximum atomic E-state index is 5.83. The van der Waals surface area contributed by atoms with Crippen LogP contribution in [0.1, 0.15) is 17.5 Å². The van der Waals surface area contributed by atoms with Gasteiger partial charge in [0.2, 0.25) is 0 Å². The van der Waals surface area contributed by atoms with Crippen LogP contribution in [0.15, 0.2) is 30.5 Å². The standard InChI is InChI=1S/C12H13ClN2S/c1-2-9-5-3-4-6-10(9)14-8-12-15-7-11(13)16-12/h3-7,14H,2,8H2,1H3. The molecule has 0 aliphatic heterocycles. The summed E-state index contributed by atoms with van der Waals surface area (Å²) >= 11 is 7.34. The fourth-order valence-corrected chi connectivity index (χ4v) is 2.44. The third-order valence-corrected chi connectivity index (χ3v) is 3.47. The third-order valence-electron chi connectivity index (χ3n) is 2.35. The summed E-state index contributed by atoms with van der Waals surface area (Å²) < 4.78 is 0.737. The van der Waals surface area contributed by atoms with E-state index in [1.165, 1.54) is 22.6 Å². The van der Waals surface area contributed by atoms with Crippen molar-refractivity contribution in [1.82, 2.24) is 4.98 Å². The summed E-state index contributed by atoms with van der Waals surface area (Å²) in [5.41, 5.74) is 2.50. The van der Waals surface area contributed by atoms with Crippen LogP contribution in [-0.4, -0.2) is 4.98 Å². The predicted octanol–water partition coefficient (Wildman–Crippen LogP) is 3.97. The van der Waals surface area contributed by atoms with Gasteiger partial charge in [-0.05, 0) is 18.1 Å². The van der Waals surface area contributed by atoms with E-state index < -0.39 is 0 Å². The molecule has 2 rings (SSSR count). The van der Waals surface area contributed by atoms with Gasteiger partial charge in [0.1, 0.15) is 9.34 Å². The molecule has 1 heterocycles. The lowest BCUT2D eigenvalue weighted by Crippen LogP contribution is -2.01. The number of nitrogens with zero attached hydrogens (tertiary/aromatic N) is 1. The van der Waals surface area contributed by atoms with Gasteiger partial charge < -0.3 is 5.32 Å². The van der Waals surface area contributed by atoms with Crippen molar-refractivity contribution in [2.24, 2.45) is 0 Å². The van der Waals surface area contributed by atoms with Gasteiger partial charge in [-0.3, -0.25) is 0 Å². The van der Waals surface area contributed by atoms with Crippen LogP contribution >= 0.6 is 22.9 Å². The highest BCUT2D eigenvalue weighted by Gasteiger charge is 2.02. The van der Waals surface area contributed by atoms with Crippen molar-refractivity contribution in [3.8, 4) is 0 Å². The molecule has 1 aromatic carbocycles. The van der Waals surface area contributed by atoms with Crippen LogP contribution < -0.4 is 5.32 Å². The van der Waals surface area contributed by atoms with Crippen LogP contribution in [0.25, 0.3) is 0 Å². The van der Waals surface area contributed by atoms with Gasteiger partial charge in [0.15, 0.2) is 0 Å². The molecule has 0 spiro atoms. The second-order valence-electron chi connectivity index (χ2n) is 3.42. The lowest BCUT2D eigenvalue weighted by molar-refractivity contribution is 1.07. The normalized spacial score (nSPS) is 10.4. The Morgan fingerprint density at radius 3 is 2.88 bits per heavy atom. The monoisotopic (exact) mass is 252 g/mol. The van der Waals surface area contributed by atoms with Gasteiger partial charge in [0.05, 0.1) is 12.7 Å². The Morgan fingerprint density at radius 1 is 1.38 bits per heavy atom. The lowest BCUT2D eigenvalue weighted by atomic mass is 10.1. The highest BCUT2D eigenvalue weighted by Crippen LogP contribution is 2.21. The average molecular weight is 253 g/mol. The van der Waals surface area contributed by atoms with Crippen LogP contribution in [0, 0.1) is 0 Å². The van der Waals surface area contributed by atoms with Crippen molar-refractivity contribution in [3.05, 3.63) is 45.4 Å². The van der Waals surface area contributed by atoms with Gasteiger partial charge in [0.25, 0.3) is 0 Å². The zero-order valence-corrected chi connectivity index (χ0v) is 10.6. The summed E-state index contributed by atoms with van der Waals surface area (Å²) in [4.78, 5) is 4.21. The molecule has 2 aromatic rings. The summed E-state index contributed by atoms with van der Waals surface area (Å²) in [6.07, 6.45) is 2.72. The van der Waals surface area contributed by atoms with E-state index in [1.54, 1.807) is 6.20 Å². The Bertz CT molecular complexity index is 468. The average Bonchev–Trinajstić information content (AvgIpc) is 2.73. The highest BCUT2D eigenvalue weighted by atomic mass is 35.5. The van der Waals surface area contributed by atoms with E-state index in [9.17, 15) is 0 Å². The third kappa shape index (κ3) is 2.74. The summed E-state index contributed by atoms with van der Waals surface area (Å²) in [5.74, 6) is 0. The number of para-hydroxylation sites is 1. The Balaban J connectivity index is 2.04. The van der Waals surface area contributed by atoms with E-state index in [0.717, 1.165) is 22.3 Å². The number of hydrogen-bond donors (Lipinski definition) is 1. The first-order valence-electron chi connectivity index (χ1n) is 5.21. The molecule has 0 radical (unpaired) electrons. The molecule has 84 valence electrons. The Morgan fingerprint density at radius 2 is 2.19 bits per heavy atom. The molecule has 0 atom stereocenters. The van der Waals surface area contributed by atoms with Gasteiger partial charge in [0, 0.05) is 5.69 Å². The number of nitrogens with one attached hydrogen (secondary N) is 1. The fraction of sp³-hybridized carbons (Fsp3) is 0.250. The first-order valence-corrected chi connectivity index (χ1v) is 6.41. The predicted molar refractivity (Wildman–Crippen MR) is 70.3 cm³/mol. The smallest absolute Gasteiger partial charge is 0.113 e. The van der Waals surface area contributed by atoms with Crippen molar-refractivity contribution in [2.75, 3.05) is 5.32 Å². The second kappa shape index (κ2) is 5.32. The van der Waals surface area contributed by atoms with Crippen LogP contribution in [0.4, 0.5) is 5.69 Å². The van der Waals surface area contributed by atoms with E-state index in [4.69, 9.17) is 11.6 Å².